The number of allylic oxidation sites excluding steroid dienone is 1. The minimum atomic E-state index is -1.87. The van der Waals surface area contributed by atoms with Gasteiger partial charge in [0.05, 0.1) is 5.41 Å². The van der Waals surface area contributed by atoms with E-state index in [9.17, 15) is 14.3 Å². The van der Waals surface area contributed by atoms with Crippen molar-refractivity contribution in [1.29, 1.82) is 0 Å². The van der Waals surface area contributed by atoms with Crippen LogP contribution in [0.2, 0.25) is 0 Å². The molecule has 0 saturated heterocycles. The summed E-state index contributed by atoms with van der Waals surface area (Å²) >= 11 is 0. The molecule has 0 saturated carbocycles. The van der Waals surface area contributed by atoms with Crippen molar-refractivity contribution in [2.45, 2.75) is 32.3 Å². The number of amides is 1. The number of carbonyl (C=O) groups is 1. The number of benzene rings is 2. The van der Waals surface area contributed by atoms with Crippen molar-refractivity contribution in [3.05, 3.63) is 66.2 Å². The van der Waals surface area contributed by atoms with Gasteiger partial charge in [-0.25, -0.2) is 9.87 Å². The zero-order chi connectivity index (χ0) is 19.9. The highest BCUT2D eigenvalue weighted by atomic mass is 19.1. The zero-order valence-electron chi connectivity index (χ0n) is 15.7. The Morgan fingerprint density at radius 2 is 1.67 bits per heavy atom. The first-order valence-corrected chi connectivity index (χ1v) is 8.89. The molecule has 4 nitrogen and oxygen atoms in total. The predicted molar refractivity (Wildman–Crippen MR) is 105 cm³/mol. The molecule has 0 fully saturated rings. The molecule has 0 heterocycles. The average molecular weight is 371 g/mol. The van der Waals surface area contributed by atoms with Crippen LogP contribution >= 0.6 is 0 Å². The lowest BCUT2D eigenvalue weighted by atomic mass is 9.71. The van der Waals surface area contributed by atoms with E-state index >= 15 is 0 Å². The van der Waals surface area contributed by atoms with Crippen LogP contribution in [0.1, 0.15) is 32.3 Å². The summed E-state index contributed by atoms with van der Waals surface area (Å²) in [5.74, 6) is -0.800. The summed E-state index contributed by atoms with van der Waals surface area (Å²) in [5, 5.41) is 19.2. The van der Waals surface area contributed by atoms with E-state index in [2.05, 4.69) is 12.1 Å². The van der Waals surface area contributed by atoms with Crippen molar-refractivity contribution in [1.82, 2.24) is 5.48 Å². The summed E-state index contributed by atoms with van der Waals surface area (Å²) < 4.78 is 13.2. The van der Waals surface area contributed by atoms with E-state index in [4.69, 9.17) is 5.21 Å². The van der Waals surface area contributed by atoms with Gasteiger partial charge in [-0.2, -0.15) is 0 Å². The van der Waals surface area contributed by atoms with Crippen molar-refractivity contribution < 1.29 is 19.5 Å². The summed E-state index contributed by atoms with van der Waals surface area (Å²) in [6.45, 7) is 1.62. The largest absolute Gasteiger partial charge is 0.386 e. The van der Waals surface area contributed by atoms with Gasteiger partial charge < -0.3 is 5.11 Å². The molecule has 0 aliphatic heterocycles. The second kappa shape index (κ2) is 8.93. The van der Waals surface area contributed by atoms with E-state index in [1.54, 1.807) is 0 Å². The van der Waals surface area contributed by atoms with Gasteiger partial charge in [-0.15, -0.1) is 0 Å². The van der Waals surface area contributed by atoms with Gasteiger partial charge in [0.2, 0.25) is 0 Å². The topological polar surface area (TPSA) is 69.6 Å². The van der Waals surface area contributed by atoms with Crippen LogP contribution in [-0.2, 0) is 4.79 Å². The molecule has 2 aromatic carbocycles. The van der Waals surface area contributed by atoms with E-state index < -0.39 is 23.6 Å². The fourth-order valence-electron chi connectivity index (χ4n) is 2.91. The maximum Gasteiger partial charge on any atom is 0.252 e. The molecule has 27 heavy (non-hydrogen) atoms. The highest BCUT2D eigenvalue weighted by Gasteiger charge is 2.48. The summed E-state index contributed by atoms with van der Waals surface area (Å²) in [6.07, 6.45) is 4.42. The molecule has 0 unspecified atom stereocenters. The first-order valence-electron chi connectivity index (χ1n) is 8.89. The van der Waals surface area contributed by atoms with E-state index in [-0.39, 0.29) is 6.42 Å². The Labute approximate surface area is 159 Å². The van der Waals surface area contributed by atoms with E-state index in [1.807, 2.05) is 54.6 Å². The number of aliphatic hydroxyl groups is 1. The molecule has 2 aromatic rings. The fraction of sp³-hybridized carbons (Fsp3) is 0.318. The summed E-state index contributed by atoms with van der Waals surface area (Å²) in [4.78, 5) is 12.0. The fourth-order valence-corrected chi connectivity index (χ4v) is 2.91. The maximum atomic E-state index is 13.2. The molecule has 0 radical (unpaired) electrons. The van der Waals surface area contributed by atoms with Crippen LogP contribution in [0.4, 0.5) is 4.39 Å². The van der Waals surface area contributed by atoms with E-state index in [1.165, 1.54) is 19.3 Å². The lowest BCUT2D eigenvalue weighted by Gasteiger charge is -2.38. The van der Waals surface area contributed by atoms with Crippen LogP contribution in [0.15, 0.2) is 60.7 Å². The van der Waals surface area contributed by atoms with Crippen molar-refractivity contribution in [2.75, 3.05) is 6.67 Å². The van der Waals surface area contributed by atoms with Crippen LogP contribution in [0, 0.1) is 5.41 Å². The number of carbonyl (C=O) groups excluding carboxylic acids is 1. The Balaban J connectivity index is 2.03. The lowest BCUT2D eigenvalue weighted by molar-refractivity contribution is -0.158. The normalized spacial score (nSPS) is 15.9. The summed E-state index contributed by atoms with van der Waals surface area (Å²) in [5.41, 5.74) is 1.49. The van der Waals surface area contributed by atoms with E-state index in [0.717, 1.165) is 16.7 Å². The molecule has 0 aromatic heterocycles. The van der Waals surface area contributed by atoms with Gasteiger partial charge in [0.1, 0.15) is 12.3 Å². The first-order chi connectivity index (χ1) is 12.8. The maximum absolute atomic E-state index is 13.2. The van der Waals surface area contributed by atoms with Gasteiger partial charge in [0.25, 0.3) is 5.91 Å². The van der Waals surface area contributed by atoms with Gasteiger partial charge in [-0.1, -0.05) is 66.7 Å². The van der Waals surface area contributed by atoms with Crippen molar-refractivity contribution in [3.8, 4) is 11.1 Å². The molecular weight excluding hydrogens is 345 g/mol. The highest BCUT2D eigenvalue weighted by molar-refractivity contribution is 5.82. The number of hydrogen-bond donors (Lipinski definition) is 3. The molecule has 0 aliphatic rings. The van der Waals surface area contributed by atoms with Crippen LogP contribution in [0.3, 0.4) is 0 Å². The quantitative estimate of drug-likeness (QED) is 0.476. The monoisotopic (exact) mass is 371 g/mol. The van der Waals surface area contributed by atoms with Crippen LogP contribution in [0.5, 0.6) is 0 Å². The van der Waals surface area contributed by atoms with Crippen LogP contribution in [0.25, 0.3) is 17.2 Å². The Hall–Kier alpha value is -2.50. The molecule has 2 atom stereocenters. The number of halogens is 1. The first kappa shape index (κ1) is 20.8. The number of nitrogens with one attached hydrogen (secondary N) is 1. The Morgan fingerprint density at radius 1 is 1.07 bits per heavy atom. The third-order valence-corrected chi connectivity index (χ3v) is 5.19. The Morgan fingerprint density at radius 3 is 2.22 bits per heavy atom. The number of rotatable bonds is 8. The summed E-state index contributed by atoms with van der Waals surface area (Å²) in [7, 11) is 0. The third-order valence-electron chi connectivity index (χ3n) is 5.19. The lowest BCUT2D eigenvalue weighted by Crippen LogP contribution is -2.54. The SMILES string of the molecule is C[C@@](O)(CF)[C@](C)(CC/C=C/c1ccc(-c2ccccc2)cc1)C(=O)NO. The van der Waals surface area contributed by atoms with E-state index in [0.29, 0.717) is 6.42 Å². The molecule has 5 heteroatoms. The Kier molecular flexibility index (Phi) is 6.88. The minimum Gasteiger partial charge on any atom is -0.386 e. The molecule has 0 bridgehead atoms. The van der Waals surface area contributed by atoms with Gasteiger partial charge in [0.15, 0.2) is 0 Å². The van der Waals surface area contributed by atoms with Crippen molar-refractivity contribution in [3.63, 3.8) is 0 Å². The third kappa shape index (κ3) is 4.81. The molecule has 3 N–H and O–H groups in total. The van der Waals surface area contributed by atoms with Crippen molar-refractivity contribution in [2.24, 2.45) is 5.41 Å². The predicted octanol–water partition coefficient (Wildman–Crippen LogP) is 4.38. The van der Waals surface area contributed by atoms with Gasteiger partial charge in [0, 0.05) is 0 Å². The number of hydroxylamine groups is 1. The minimum absolute atomic E-state index is 0.189. The second-order valence-electron chi connectivity index (χ2n) is 7.11. The van der Waals surface area contributed by atoms with Crippen LogP contribution < -0.4 is 5.48 Å². The highest BCUT2D eigenvalue weighted by Crippen LogP contribution is 2.37. The molecule has 0 aliphatic carbocycles. The van der Waals surface area contributed by atoms with Crippen molar-refractivity contribution >= 4 is 12.0 Å². The summed E-state index contributed by atoms with van der Waals surface area (Å²) in [6, 6.07) is 18.1. The average Bonchev–Trinajstić information content (AvgIpc) is 2.71. The molecular formula is C22H26FNO3. The van der Waals surface area contributed by atoms with Gasteiger partial charge in [-0.05, 0) is 43.4 Å². The second-order valence-corrected chi connectivity index (χ2v) is 7.11. The zero-order valence-corrected chi connectivity index (χ0v) is 15.7. The smallest absolute Gasteiger partial charge is 0.252 e. The number of alkyl halides is 1. The molecule has 0 spiro atoms. The van der Waals surface area contributed by atoms with Crippen LogP contribution in [-0.4, -0.2) is 28.5 Å². The number of hydrogen-bond acceptors (Lipinski definition) is 3. The van der Waals surface area contributed by atoms with Gasteiger partial charge in [-0.3, -0.25) is 10.0 Å². The van der Waals surface area contributed by atoms with Gasteiger partial charge >= 0.3 is 0 Å². The Bertz CT molecular complexity index is 772. The standard InChI is InChI=1S/C22H26FNO3/c1-21(20(25)24-27,22(2,26)16-23)15-7-6-8-17-11-13-19(14-12-17)18-9-4-3-5-10-18/h3-6,8-14,26-27H,7,15-16H2,1-2H3,(H,24,25)/b8-6+/t21-,22-/m1/s1. The molecule has 2 rings (SSSR count). The molecule has 144 valence electrons. The molecule has 1 amide bonds.